The van der Waals surface area contributed by atoms with Crippen molar-refractivity contribution in [2.45, 2.75) is 6.10 Å². The van der Waals surface area contributed by atoms with Crippen LogP contribution in [0, 0.1) is 0 Å². The summed E-state index contributed by atoms with van der Waals surface area (Å²) in [6.45, 7) is 0.778. The Morgan fingerprint density at radius 3 is 1.74 bits per heavy atom. The molecule has 1 unspecified atom stereocenters. The van der Waals surface area contributed by atoms with Crippen LogP contribution in [-0.2, 0) is 13.6 Å². The molecule has 0 amide bonds. The maximum absolute atomic E-state index is 11.2. The van der Waals surface area contributed by atoms with Crippen molar-refractivity contribution in [3.8, 4) is 0 Å². The molecule has 23 heavy (non-hydrogen) atoms. The Bertz CT molecular complexity index is 342. The summed E-state index contributed by atoms with van der Waals surface area (Å²) < 4.78 is 21.8. The first-order valence-corrected chi connectivity index (χ1v) is 8.84. The summed E-state index contributed by atoms with van der Waals surface area (Å²) in [5.74, 6) is 0. The van der Waals surface area contributed by atoms with Crippen LogP contribution in [-0.4, -0.2) is 117 Å². The van der Waals surface area contributed by atoms with E-state index in [9.17, 15) is 4.57 Å². The molecule has 4 N–H and O–H groups in total. The summed E-state index contributed by atoms with van der Waals surface area (Å²) in [6, 6.07) is 0. The van der Waals surface area contributed by atoms with Gasteiger partial charge in [-0.3, -0.25) is 9.05 Å². The number of phosphoric acid groups is 1. The molecule has 0 aromatic rings. The highest BCUT2D eigenvalue weighted by atomic mass is 31.2. The lowest BCUT2D eigenvalue weighted by Crippen LogP contribution is -2.37. The molecule has 0 rings (SSSR count). The smallest absolute Gasteiger partial charge is 0.394 e. The minimum atomic E-state index is -4.13. The van der Waals surface area contributed by atoms with E-state index in [4.69, 9.17) is 20.2 Å². The second-order valence-electron chi connectivity index (χ2n) is 7.19. The van der Waals surface area contributed by atoms with Gasteiger partial charge in [-0.15, -0.1) is 0 Å². The molecule has 0 aromatic carbocycles. The van der Waals surface area contributed by atoms with E-state index >= 15 is 0 Å². The third kappa shape index (κ3) is 21.9. The number of phosphoric ester groups is 1. The quantitative estimate of drug-likeness (QED) is 0.287. The molecule has 9 nitrogen and oxygen atoms in total. The first-order valence-electron chi connectivity index (χ1n) is 7.35. The number of rotatable bonds is 10. The zero-order chi connectivity index (χ0) is 18.7. The van der Waals surface area contributed by atoms with Crippen LogP contribution in [0.15, 0.2) is 0 Å². The zero-order valence-electron chi connectivity index (χ0n) is 15.2. The first kappa shape index (κ1) is 25.2. The van der Waals surface area contributed by atoms with Crippen LogP contribution in [0.25, 0.3) is 0 Å². The van der Waals surface area contributed by atoms with Gasteiger partial charge in [0.15, 0.2) is 0 Å². The van der Waals surface area contributed by atoms with Gasteiger partial charge in [0.1, 0.15) is 25.8 Å². The number of quaternary nitrogens is 2. The van der Waals surface area contributed by atoms with Crippen LogP contribution in [0.2, 0.25) is 0 Å². The van der Waals surface area contributed by atoms with E-state index in [2.05, 4.69) is 30.2 Å². The molecule has 0 aromatic heterocycles. The molecule has 0 saturated heterocycles. The number of aliphatic hydroxyl groups excluding tert-OH is 3. The Morgan fingerprint density at radius 1 is 0.957 bits per heavy atom. The fourth-order valence-corrected chi connectivity index (χ4v) is 1.75. The molecule has 0 aliphatic rings. The van der Waals surface area contributed by atoms with E-state index in [1.54, 1.807) is 0 Å². The van der Waals surface area contributed by atoms with Crippen molar-refractivity contribution in [2.75, 3.05) is 81.8 Å². The average Bonchev–Trinajstić information content (AvgIpc) is 2.33. The Labute approximate surface area is 139 Å². The molecule has 2 atom stereocenters. The van der Waals surface area contributed by atoms with Gasteiger partial charge in [-0.25, -0.2) is 4.57 Å². The van der Waals surface area contributed by atoms with Crippen molar-refractivity contribution in [1.82, 2.24) is 0 Å². The SMILES string of the molecule is C[N+](C)(C)CCO.C[N+](C)(C)CCOP(=O)(O)OC[C@H](O)CO. The van der Waals surface area contributed by atoms with Crippen molar-refractivity contribution in [3.05, 3.63) is 0 Å². The lowest BCUT2D eigenvalue weighted by Gasteiger charge is -2.24. The summed E-state index contributed by atoms with van der Waals surface area (Å²) in [5, 5.41) is 25.8. The number of hydrogen-bond donors (Lipinski definition) is 4. The van der Waals surface area contributed by atoms with Gasteiger partial charge in [-0.1, -0.05) is 0 Å². The van der Waals surface area contributed by atoms with Crippen LogP contribution < -0.4 is 0 Å². The predicted molar refractivity (Wildman–Crippen MR) is 87.7 cm³/mol. The molecular weight excluding hydrogens is 327 g/mol. The molecule has 142 valence electrons. The highest BCUT2D eigenvalue weighted by molar-refractivity contribution is 7.47. The van der Waals surface area contributed by atoms with Crippen molar-refractivity contribution in [1.29, 1.82) is 0 Å². The van der Waals surface area contributed by atoms with Crippen molar-refractivity contribution in [3.63, 3.8) is 0 Å². The standard InChI is InChI=1S/C8H20NO6P.C5H14NO/c1-9(2,3)4-5-14-16(12,13)15-7-8(11)6-10;1-6(2,3)4-5-7/h8,10-11H,4-7H2,1-3H3;7H,4-5H2,1-3H3/q;+1/p+1/t8-;/m1./s1. The molecule has 0 radical (unpaired) electrons. The highest BCUT2D eigenvalue weighted by Gasteiger charge is 2.23. The predicted octanol–water partition coefficient (Wildman–Crippen LogP) is -1.14. The highest BCUT2D eigenvalue weighted by Crippen LogP contribution is 2.42. The molecule has 0 fully saturated rings. The third-order valence-corrected chi connectivity index (χ3v) is 3.41. The number of likely N-dealkylation sites (N-methyl/N-ethyl adjacent to an activating group) is 2. The maximum Gasteiger partial charge on any atom is 0.472 e. The third-order valence-electron chi connectivity index (χ3n) is 2.43. The average molecular weight is 362 g/mol. The summed E-state index contributed by atoms with van der Waals surface area (Å²) >= 11 is 0. The van der Waals surface area contributed by atoms with Crippen LogP contribution in [0.3, 0.4) is 0 Å². The molecule has 0 aliphatic heterocycles. The zero-order valence-corrected chi connectivity index (χ0v) is 16.1. The van der Waals surface area contributed by atoms with Gasteiger partial charge >= 0.3 is 7.82 Å². The fraction of sp³-hybridized carbons (Fsp3) is 1.00. The van der Waals surface area contributed by atoms with Gasteiger partial charge in [-0.05, 0) is 0 Å². The second-order valence-corrected chi connectivity index (χ2v) is 8.64. The summed E-state index contributed by atoms with van der Waals surface area (Å²) in [7, 11) is 7.78. The Morgan fingerprint density at radius 2 is 1.43 bits per heavy atom. The van der Waals surface area contributed by atoms with Gasteiger partial charge in [0.2, 0.25) is 0 Å². The molecule has 0 saturated carbocycles. The van der Waals surface area contributed by atoms with Gasteiger partial charge < -0.3 is 29.2 Å². The molecule has 0 spiro atoms. The van der Waals surface area contributed by atoms with Crippen LogP contribution in [0.5, 0.6) is 0 Å². The summed E-state index contributed by atoms with van der Waals surface area (Å²) in [5.41, 5.74) is 0. The van der Waals surface area contributed by atoms with E-state index in [0.29, 0.717) is 11.0 Å². The molecule has 0 aliphatic carbocycles. The number of aliphatic hydroxyl groups is 3. The Kier molecular flexibility index (Phi) is 12.5. The van der Waals surface area contributed by atoms with Crippen LogP contribution in [0.4, 0.5) is 0 Å². The normalized spacial score (nSPS) is 16.3. The summed E-state index contributed by atoms with van der Waals surface area (Å²) in [4.78, 5) is 9.17. The minimum Gasteiger partial charge on any atom is -0.394 e. The second kappa shape index (κ2) is 11.5. The Hall–Kier alpha value is -0.0900. The van der Waals surface area contributed by atoms with E-state index < -0.39 is 27.1 Å². The first-order chi connectivity index (χ1) is 10.2. The number of hydrogen-bond acceptors (Lipinski definition) is 6. The van der Waals surface area contributed by atoms with E-state index in [1.807, 2.05) is 21.1 Å². The van der Waals surface area contributed by atoms with E-state index in [1.165, 1.54) is 0 Å². The maximum atomic E-state index is 11.2. The monoisotopic (exact) mass is 362 g/mol. The van der Waals surface area contributed by atoms with Gasteiger partial charge in [0.25, 0.3) is 0 Å². The number of nitrogens with zero attached hydrogens (tertiary/aromatic N) is 2. The molecule has 0 bridgehead atoms. The van der Waals surface area contributed by atoms with Crippen molar-refractivity contribution in [2.24, 2.45) is 0 Å². The largest absolute Gasteiger partial charge is 0.472 e. The van der Waals surface area contributed by atoms with Crippen LogP contribution in [0.1, 0.15) is 0 Å². The molecule has 10 heteroatoms. The van der Waals surface area contributed by atoms with Gasteiger partial charge in [-0.2, -0.15) is 0 Å². The lowest BCUT2D eigenvalue weighted by molar-refractivity contribution is -0.870. The topological polar surface area (TPSA) is 116 Å². The van der Waals surface area contributed by atoms with Crippen molar-refractivity contribution < 1.29 is 42.8 Å². The van der Waals surface area contributed by atoms with Crippen molar-refractivity contribution >= 4 is 7.82 Å². The van der Waals surface area contributed by atoms with Crippen LogP contribution >= 0.6 is 7.82 Å². The van der Waals surface area contributed by atoms with E-state index in [0.717, 1.165) is 11.0 Å². The van der Waals surface area contributed by atoms with Gasteiger partial charge in [0, 0.05) is 0 Å². The van der Waals surface area contributed by atoms with E-state index in [-0.39, 0.29) is 13.2 Å². The molecule has 0 heterocycles. The minimum absolute atomic E-state index is 0.0759. The Balaban J connectivity index is 0. The fourth-order valence-electron chi connectivity index (χ4n) is 1.00. The lowest BCUT2D eigenvalue weighted by atomic mass is 10.4. The molecular formula is C13H35N2O7P+2. The van der Waals surface area contributed by atoms with Gasteiger partial charge in [0.05, 0.1) is 62.1 Å². The summed E-state index contributed by atoms with van der Waals surface area (Å²) in [6.07, 6.45) is -1.18.